The summed E-state index contributed by atoms with van der Waals surface area (Å²) in [6, 6.07) is 8.89. The summed E-state index contributed by atoms with van der Waals surface area (Å²) in [7, 11) is 0. The molecule has 2 N–H and O–H groups in total. The van der Waals surface area contributed by atoms with Crippen molar-refractivity contribution in [3.63, 3.8) is 0 Å². The normalized spacial score (nSPS) is 15.4. The zero-order valence-corrected chi connectivity index (χ0v) is 15.3. The van der Waals surface area contributed by atoms with Crippen LogP contribution in [0.5, 0.6) is 0 Å². The largest absolute Gasteiger partial charge is 0.352 e. The molecule has 0 radical (unpaired) electrons. The Morgan fingerprint density at radius 2 is 1.58 bits per heavy atom. The predicted octanol–water partition coefficient (Wildman–Crippen LogP) is 3.33. The summed E-state index contributed by atoms with van der Waals surface area (Å²) >= 11 is 0. The Labute approximate surface area is 145 Å². The molecular formula is C20H30N2O2. The Balaban J connectivity index is 1.89. The molecule has 1 aliphatic carbocycles. The Kier molecular flexibility index (Phi) is 6.41. The van der Waals surface area contributed by atoms with E-state index in [1.807, 2.05) is 0 Å². The lowest BCUT2D eigenvalue weighted by Gasteiger charge is -2.21. The second kappa shape index (κ2) is 8.32. The van der Waals surface area contributed by atoms with Crippen LogP contribution in [-0.4, -0.2) is 24.4 Å². The molecular weight excluding hydrogens is 300 g/mol. The highest BCUT2D eigenvalue weighted by Gasteiger charge is 2.24. The van der Waals surface area contributed by atoms with E-state index in [1.165, 1.54) is 11.1 Å². The Morgan fingerprint density at radius 1 is 1.00 bits per heavy atom. The van der Waals surface area contributed by atoms with Crippen LogP contribution in [0.3, 0.4) is 0 Å². The van der Waals surface area contributed by atoms with Gasteiger partial charge in [-0.3, -0.25) is 9.59 Å². The van der Waals surface area contributed by atoms with Gasteiger partial charge in [-0.1, -0.05) is 52.0 Å². The van der Waals surface area contributed by atoms with Gasteiger partial charge in [0.2, 0.25) is 11.8 Å². The van der Waals surface area contributed by atoms with Crippen LogP contribution in [0.25, 0.3) is 0 Å². The van der Waals surface area contributed by atoms with Crippen LogP contribution in [0.4, 0.5) is 0 Å². The average molecular weight is 330 g/mol. The van der Waals surface area contributed by atoms with Gasteiger partial charge in [0.25, 0.3) is 0 Å². The fourth-order valence-electron chi connectivity index (χ4n) is 2.82. The minimum Gasteiger partial charge on any atom is -0.352 e. The molecule has 1 aromatic rings. The van der Waals surface area contributed by atoms with Crippen molar-refractivity contribution in [1.29, 1.82) is 0 Å². The van der Waals surface area contributed by atoms with Crippen molar-refractivity contribution in [3.8, 4) is 0 Å². The van der Waals surface area contributed by atoms with Gasteiger partial charge in [0, 0.05) is 12.5 Å². The van der Waals surface area contributed by atoms with E-state index < -0.39 is 0 Å². The first-order chi connectivity index (χ1) is 11.4. The second-order valence-corrected chi connectivity index (χ2v) is 7.49. The third kappa shape index (κ3) is 5.66. The first-order valence-corrected chi connectivity index (χ1v) is 9.02. The summed E-state index contributed by atoms with van der Waals surface area (Å²) in [5.41, 5.74) is 2.49. The molecule has 1 aliphatic rings. The molecule has 0 aromatic heterocycles. The second-order valence-electron chi connectivity index (χ2n) is 7.49. The standard InChI is InChI=1S/C20H30N2O2/c1-13(2)15-5-7-16(8-6-15)18(14(3)4)11-19(23)21-12-20(24)22-17-9-10-17/h5-8,13-14,17-18H,9-12H2,1-4H3,(H,21,23)(H,22,24). The van der Waals surface area contributed by atoms with Crippen molar-refractivity contribution in [2.45, 2.75) is 64.8 Å². The van der Waals surface area contributed by atoms with E-state index in [0.717, 1.165) is 12.8 Å². The Bertz CT molecular complexity index is 560. The van der Waals surface area contributed by atoms with Gasteiger partial charge in [0.1, 0.15) is 0 Å². The highest BCUT2D eigenvalue weighted by Crippen LogP contribution is 2.29. The highest BCUT2D eigenvalue weighted by molar-refractivity contribution is 5.85. The quantitative estimate of drug-likeness (QED) is 0.768. The molecule has 132 valence electrons. The number of hydrogen-bond donors (Lipinski definition) is 2. The van der Waals surface area contributed by atoms with E-state index >= 15 is 0 Å². The maximum absolute atomic E-state index is 12.2. The van der Waals surface area contributed by atoms with Crippen molar-refractivity contribution in [1.82, 2.24) is 10.6 Å². The molecule has 0 heterocycles. The fraction of sp³-hybridized carbons (Fsp3) is 0.600. The molecule has 4 nitrogen and oxygen atoms in total. The van der Waals surface area contributed by atoms with Gasteiger partial charge < -0.3 is 10.6 Å². The highest BCUT2D eigenvalue weighted by atomic mass is 16.2. The van der Waals surface area contributed by atoms with Crippen molar-refractivity contribution in [2.24, 2.45) is 5.92 Å². The van der Waals surface area contributed by atoms with E-state index in [2.05, 4.69) is 62.6 Å². The van der Waals surface area contributed by atoms with Crippen molar-refractivity contribution < 1.29 is 9.59 Å². The van der Waals surface area contributed by atoms with Crippen LogP contribution < -0.4 is 10.6 Å². The summed E-state index contributed by atoms with van der Waals surface area (Å²) in [6.45, 7) is 8.69. The molecule has 2 rings (SSSR count). The van der Waals surface area contributed by atoms with E-state index in [0.29, 0.717) is 24.3 Å². The molecule has 1 fully saturated rings. The van der Waals surface area contributed by atoms with Crippen LogP contribution in [0, 0.1) is 5.92 Å². The zero-order chi connectivity index (χ0) is 17.7. The Morgan fingerprint density at radius 3 is 2.08 bits per heavy atom. The minimum absolute atomic E-state index is 0.0624. The number of nitrogens with one attached hydrogen (secondary N) is 2. The molecule has 0 aliphatic heterocycles. The first-order valence-electron chi connectivity index (χ1n) is 9.02. The number of amides is 2. The van der Waals surface area contributed by atoms with Crippen LogP contribution in [0.1, 0.15) is 69.9 Å². The lowest BCUT2D eigenvalue weighted by Crippen LogP contribution is -2.38. The first kappa shape index (κ1) is 18.5. The van der Waals surface area contributed by atoms with Crippen molar-refractivity contribution in [3.05, 3.63) is 35.4 Å². The van der Waals surface area contributed by atoms with Crippen molar-refractivity contribution >= 4 is 11.8 Å². The summed E-state index contributed by atoms with van der Waals surface area (Å²) < 4.78 is 0. The summed E-state index contributed by atoms with van der Waals surface area (Å²) in [6.07, 6.45) is 2.53. The number of rotatable bonds is 8. The summed E-state index contributed by atoms with van der Waals surface area (Å²) in [5.74, 6) is 0.879. The third-order valence-electron chi connectivity index (χ3n) is 4.63. The van der Waals surface area contributed by atoms with E-state index in [4.69, 9.17) is 0 Å². The molecule has 4 heteroatoms. The lowest BCUT2D eigenvalue weighted by molar-refractivity contribution is -0.126. The molecule has 1 unspecified atom stereocenters. The predicted molar refractivity (Wildman–Crippen MR) is 96.9 cm³/mol. The SMILES string of the molecule is CC(C)c1ccc(C(CC(=O)NCC(=O)NC2CC2)C(C)C)cc1. The van der Waals surface area contributed by atoms with Gasteiger partial charge in [0.05, 0.1) is 6.54 Å². The smallest absolute Gasteiger partial charge is 0.239 e. The van der Waals surface area contributed by atoms with Crippen LogP contribution in [0.15, 0.2) is 24.3 Å². The van der Waals surface area contributed by atoms with Gasteiger partial charge in [-0.15, -0.1) is 0 Å². The van der Waals surface area contributed by atoms with Crippen LogP contribution in [0.2, 0.25) is 0 Å². The maximum Gasteiger partial charge on any atom is 0.239 e. The number of carbonyl (C=O) groups excluding carboxylic acids is 2. The molecule has 1 aromatic carbocycles. The third-order valence-corrected chi connectivity index (χ3v) is 4.63. The maximum atomic E-state index is 12.2. The lowest BCUT2D eigenvalue weighted by atomic mass is 9.84. The number of benzene rings is 1. The average Bonchev–Trinajstić information content (AvgIpc) is 3.34. The van der Waals surface area contributed by atoms with E-state index in [1.54, 1.807) is 0 Å². The molecule has 0 spiro atoms. The Hall–Kier alpha value is -1.84. The summed E-state index contributed by atoms with van der Waals surface area (Å²) in [4.78, 5) is 23.9. The van der Waals surface area contributed by atoms with Gasteiger partial charge in [-0.05, 0) is 41.7 Å². The van der Waals surface area contributed by atoms with Gasteiger partial charge in [-0.2, -0.15) is 0 Å². The van der Waals surface area contributed by atoms with E-state index in [9.17, 15) is 9.59 Å². The topological polar surface area (TPSA) is 58.2 Å². The van der Waals surface area contributed by atoms with Gasteiger partial charge in [0.15, 0.2) is 0 Å². The van der Waals surface area contributed by atoms with Crippen LogP contribution >= 0.6 is 0 Å². The van der Waals surface area contributed by atoms with Crippen molar-refractivity contribution in [2.75, 3.05) is 6.54 Å². The molecule has 1 saturated carbocycles. The molecule has 0 bridgehead atoms. The summed E-state index contributed by atoms with van der Waals surface area (Å²) in [5, 5.41) is 5.63. The monoisotopic (exact) mass is 330 g/mol. The fourth-order valence-corrected chi connectivity index (χ4v) is 2.82. The van der Waals surface area contributed by atoms with Crippen LogP contribution in [-0.2, 0) is 9.59 Å². The number of hydrogen-bond acceptors (Lipinski definition) is 2. The molecule has 2 amide bonds. The minimum atomic E-state index is -0.0896. The zero-order valence-electron chi connectivity index (χ0n) is 15.3. The molecule has 0 saturated heterocycles. The van der Waals surface area contributed by atoms with Gasteiger partial charge in [-0.25, -0.2) is 0 Å². The molecule has 1 atom stereocenters. The molecule has 24 heavy (non-hydrogen) atoms. The van der Waals surface area contributed by atoms with E-state index in [-0.39, 0.29) is 24.3 Å². The van der Waals surface area contributed by atoms with Gasteiger partial charge >= 0.3 is 0 Å². The number of carbonyl (C=O) groups is 2.